The van der Waals surface area contributed by atoms with Crippen LogP contribution >= 0.6 is 11.6 Å². The third kappa shape index (κ3) is 1.83. The summed E-state index contributed by atoms with van der Waals surface area (Å²) in [6.07, 6.45) is 0.263. The molecule has 0 saturated heterocycles. The second-order valence-corrected chi connectivity index (χ2v) is 3.14. The highest BCUT2D eigenvalue weighted by Crippen LogP contribution is 2.24. The smallest absolute Gasteiger partial charge is 0.188 e. The van der Waals surface area contributed by atoms with Gasteiger partial charge in [-0.1, -0.05) is 23.7 Å². The van der Waals surface area contributed by atoms with E-state index in [4.69, 9.17) is 11.6 Å². The summed E-state index contributed by atoms with van der Waals surface area (Å²) >= 11 is 5.63. The Morgan fingerprint density at radius 1 is 1.58 bits per heavy atom. The van der Waals surface area contributed by atoms with Gasteiger partial charge in [-0.25, -0.2) is 4.39 Å². The highest BCUT2D eigenvalue weighted by Gasteiger charge is 2.24. The zero-order chi connectivity index (χ0) is 9.19. The first-order chi connectivity index (χ1) is 5.56. The van der Waals surface area contributed by atoms with E-state index in [9.17, 15) is 9.18 Å². The molecule has 1 aromatic rings. The predicted molar refractivity (Wildman–Crippen MR) is 46.0 cm³/mol. The lowest BCUT2D eigenvalue weighted by Gasteiger charge is -2.12. The van der Waals surface area contributed by atoms with Gasteiger partial charge in [-0.15, -0.1) is 0 Å². The molecule has 0 aliphatic heterocycles. The fourth-order valence-electron chi connectivity index (χ4n) is 0.861. The molecule has 0 radical (unpaired) electrons. The van der Waals surface area contributed by atoms with E-state index in [1.54, 1.807) is 12.1 Å². The molecule has 0 N–H and O–H groups in total. The Hall–Kier alpha value is -0.890. The van der Waals surface area contributed by atoms with E-state index in [2.05, 4.69) is 0 Å². The third-order valence-corrected chi connectivity index (χ3v) is 1.85. The molecule has 0 spiro atoms. The molecule has 0 aliphatic rings. The molecule has 0 aromatic heterocycles. The highest BCUT2D eigenvalue weighted by atomic mass is 35.5. The van der Waals surface area contributed by atoms with Crippen molar-refractivity contribution >= 4 is 17.9 Å². The van der Waals surface area contributed by atoms with Crippen molar-refractivity contribution in [3.05, 3.63) is 34.9 Å². The van der Waals surface area contributed by atoms with Crippen molar-refractivity contribution in [1.82, 2.24) is 0 Å². The first-order valence-corrected chi connectivity index (χ1v) is 3.85. The summed E-state index contributed by atoms with van der Waals surface area (Å²) < 4.78 is 13.3. The van der Waals surface area contributed by atoms with Gasteiger partial charge in [0.2, 0.25) is 0 Å². The summed E-state index contributed by atoms with van der Waals surface area (Å²) in [6.45, 7) is 1.20. The van der Waals surface area contributed by atoms with Gasteiger partial charge in [0.25, 0.3) is 0 Å². The Kier molecular flexibility index (Phi) is 2.48. The summed E-state index contributed by atoms with van der Waals surface area (Å²) in [4.78, 5) is 10.3. The van der Waals surface area contributed by atoms with Crippen molar-refractivity contribution in [2.45, 2.75) is 12.6 Å². The van der Waals surface area contributed by atoms with Crippen molar-refractivity contribution in [2.75, 3.05) is 0 Å². The second kappa shape index (κ2) is 3.23. The normalized spacial score (nSPS) is 15.2. The standard InChI is InChI=1S/C9H8ClFO/c1-9(11,6-12)7-3-2-4-8(10)5-7/h2-6H,1H3. The molecule has 1 nitrogen and oxygen atoms in total. The molecular weight excluding hydrogens is 179 g/mol. The van der Waals surface area contributed by atoms with Crippen LogP contribution in [0.4, 0.5) is 4.39 Å². The molecule has 1 unspecified atom stereocenters. The number of benzene rings is 1. The Labute approximate surface area is 75.2 Å². The molecule has 0 saturated carbocycles. The van der Waals surface area contributed by atoms with Crippen LogP contribution in [0.2, 0.25) is 5.02 Å². The quantitative estimate of drug-likeness (QED) is 0.649. The zero-order valence-corrected chi connectivity index (χ0v) is 7.31. The summed E-state index contributed by atoms with van der Waals surface area (Å²) in [7, 11) is 0. The predicted octanol–water partition coefficient (Wildman–Crippen LogP) is 2.72. The Morgan fingerprint density at radius 2 is 2.25 bits per heavy atom. The number of alkyl halides is 1. The monoisotopic (exact) mass is 186 g/mol. The van der Waals surface area contributed by atoms with Gasteiger partial charge in [0.1, 0.15) is 0 Å². The minimum Gasteiger partial charge on any atom is -0.299 e. The van der Waals surface area contributed by atoms with E-state index >= 15 is 0 Å². The van der Waals surface area contributed by atoms with Crippen molar-refractivity contribution in [2.24, 2.45) is 0 Å². The first-order valence-electron chi connectivity index (χ1n) is 3.47. The minimum absolute atomic E-state index is 0.263. The molecule has 0 bridgehead atoms. The third-order valence-electron chi connectivity index (χ3n) is 1.61. The van der Waals surface area contributed by atoms with Gasteiger partial charge in [0.15, 0.2) is 12.0 Å². The molecule has 1 rings (SSSR count). The largest absolute Gasteiger partial charge is 0.299 e. The molecule has 12 heavy (non-hydrogen) atoms. The molecule has 0 heterocycles. The van der Waals surface area contributed by atoms with Gasteiger partial charge >= 0.3 is 0 Å². The van der Waals surface area contributed by atoms with Crippen LogP contribution < -0.4 is 0 Å². The Balaban J connectivity index is 3.11. The van der Waals surface area contributed by atoms with E-state index in [0.29, 0.717) is 5.02 Å². The van der Waals surface area contributed by atoms with Gasteiger partial charge in [-0.3, -0.25) is 4.79 Å². The van der Waals surface area contributed by atoms with Gasteiger partial charge < -0.3 is 0 Å². The van der Waals surface area contributed by atoms with Crippen LogP contribution in [0, 0.1) is 0 Å². The van der Waals surface area contributed by atoms with Crippen LogP contribution in [0.25, 0.3) is 0 Å². The molecule has 3 heteroatoms. The van der Waals surface area contributed by atoms with Crippen molar-refractivity contribution in [3.8, 4) is 0 Å². The fourth-order valence-corrected chi connectivity index (χ4v) is 1.05. The molecule has 0 aliphatic carbocycles. The number of hydrogen-bond donors (Lipinski definition) is 0. The number of carbonyl (C=O) groups excluding carboxylic acids is 1. The van der Waals surface area contributed by atoms with Crippen LogP contribution in [-0.4, -0.2) is 6.29 Å². The van der Waals surface area contributed by atoms with Gasteiger partial charge in [-0.05, 0) is 24.6 Å². The summed E-state index contributed by atoms with van der Waals surface area (Å²) in [6, 6.07) is 6.21. The number of halogens is 2. The molecule has 0 amide bonds. The highest BCUT2D eigenvalue weighted by molar-refractivity contribution is 6.30. The minimum atomic E-state index is -1.94. The lowest BCUT2D eigenvalue weighted by atomic mass is 10.0. The number of rotatable bonds is 2. The second-order valence-electron chi connectivity index (χ2n) is 2.70. The molecule has 0 fully saturated rings. The van der Waals surface area contributed by atoms with Crippen LogP contribution in [0.3, 0.4) is 0 Å². The van der Waals surface area contributed by atoms with E-state index < -0.39 is 5.67 Å². The zero-order valence-electron chi connectivity index (χ0n) is 6.55. The summed E-state index contributed by atoms with van der Waals surface area (Å²) in [5.41, 5.74) is -1.66. The first kappa shape index (κ1) is 9.20. The van der Waals surface area contributed by atoms with Crippen molar-refractivity contribution < 1.29 is 9.18 Å². The SMILES string of the molecule is CC(F)(C=O)c1cccc(Cl)c1. The van der Waals surface area contributed by atoms with Crippen LogP contribution in [0.5, 0.6) is 0 Å². The molecular formula is C9H8ClFO. The van der Waals surface area contributed by atoms with E-state index in [1.165, 1.54) is 19.1 Å². The molecule has 1 atom stereocenters. The fraction of sp³-hybridized carbons (Fsp3) is 0.222. The van der Waals surface area contributed by atoms with Gasteiger partial charge in [0.05, 0.1) is 0 Å². The van der Waals surface area contributed by atoms with Crippen LogP contribution in [0.1, 0.15) is 12.5 Å². The average Bonchev–Trinajstić information content (AvgIpc) is 2.05. The Bertz CT molecular complexity index is 296. The van der Waals surface area contributed by atoms with E-state index in [0.717, 1.165) is 0 Å². The van der Waals surface area contributed by atoms with E-state index in [-0.39, 0.29) is 11.8 Å². The Morgan fingerprint density at radius 3 is 2.75 bits per heavy atom. The number of carbonyl (C=O) groups is 1. The van der Waals surface area contributed by atoms with E-state index in [1.807, 2.05) is 0 Å². The maximum absolute atomic E-state index is 13.3. The number of hydrogen-bond acceptors (Lipinski definition) is 1. The summed E-state index contributed by atoms with van der Waals surface area (Å²) in [5.74, 6) is 0. The van der Waals surface area contributed by atoms with Crippen LogP contribution in [0.15, 0.2) is 24.3 Å². The lowest BCUT2D eigenvalue weighted by Crippen LogP contribution is -2.16. The topological polar surface area (TPSA) is 17.1 Å². The average molecular weight is 187 g/mol. The van der Waals surface area contributed by atoms with Gasteiger partial charge in [-0.2, -0.15) is 0 Å². The van der Waals surface area contributed by atoms with Crippen molar-refractivity contribution in [3.63, 3.8) is 0 Å². The van der Waals surface area contributed by atoms with Crippen LogP contribution in [-0.2, 0) is 10.5 Å². The lowest BCUT2D eigenvalue weighted by molar-refractivity contribution is -0.117. The molecule has 64 valence electrons. The summed E-state index contributed by atoms with van der Waals surface area (Å²) in [5, 5.41) is 0.429. The maximum Gasteiger partial charge on any atom is 0.188 e. The maximum atomic E-state index is 13.3. The van der Waals surface area contributed by atoms with Gasteiger partial charge in [0, 0.05) is 5.02 Å². The number of aldehydes is 1. The molecule has 1 aromatic carbocycles. The van der Waals surface area contributed by atoms with Crippen molar-refractivity contribution in [1.29, 1.82) is 0 Å².